The summed E-state index contributed by atoms with van der Waals surface area (Å²) < 4.78 is 0. The second-order valence-corrected chi connectivity index (χ2v) is 6.95. The molecule has 8 nitrogen and oxygen atoms in total. The van der Waals surface area contributed by atoms with Gasteiger partial charge >= 0.3 is 0 Å². The molecule has 4 atom stereocenters. The molecular weight excluding hydrogens is 326 g/mol. The molecule has 2 aliphatic carbocycles. The number of carbonyl (C=O) groups excluding carboxylic acids is 2. The SMILES string of the molecule is NNC(=O)C1C=CC(O)=CC1(O)C(=O)C(O)[C@H](N)CC1CCCCC1. The van der Waals surface area contributed by atoms with Gasteiger partial charge in [-0.1, -0.05) is 38.2 Å². The lowest BCUT2D eigenvalue weighted by Crippen LogP contribution is -2.58. The van der Waals surface area contributed by atoms with Crippen molar-refractivity contribution in [3.63, 3.8) is 0 Å². The molecule has 0 spiro atoms. The molecule has 1 saturated carbocycles. The third-order valence-corrected chi connectivity index (χ3v) is 5.13. The van der Waals surface area contributed by atoms with Crippen LogP contribution in [0.1, 0.15) is 38.5 Å². The molecule has 25 heavy (non-hydrogen) atoms. The second-order valence-electron chi connectivity index (χ2n) is 6.95. The van der Waals surface area contributed by atoms with Gasteiger partial charge in [-0.05, 0) is 24.5 Å². The summed E-state index contributed by atoms with van der Waals surface area (Å²) in [6.07, 6.45) is 7.37. The van der Waals surface area contributed by atoms with Crippen molar-refractivity contribution in [3.05, 3.63) is 24.0 Å². The number of hydrazine groups is 1. The number of ketones is 1. The Balaban J connectivity index is 2.14. The topological polar surface area (TPSA) is 159 Å². The summed E-state index contributed by atoms with van der Waals surface area (Å²) in [4.78, 5) is 24.6. The molecule has 140 valence electrons. The minimum Gasteiger partial charge on any atom is -0.508 e. The standard InChI is InChI=1S/C17H27N3O5/c18-13(8-10-4-2-1-3-5-10)14(22)15(23)17(25)9-11(21)6-7-12(17)16(24)20-19/h6-7,9-10,12-14,21-22,25H,1-5,8,18-19H2,(H,20,24)/t12?,13-,14?,17?/m1/s1. The van der Waals surface area contributed by atoms with Gasteiger partial charge in [-0.25, -0.2) is 5.84 Å². The van der Waals surface area contributed by atoms with Crippen LogP contribution in [0.5, 0.6) is 0 Å². The molecule has 0 radical (unpaired) electrons. The first-order chi connectivity index (χ1) is 11.8. The fourth-order valence-corrected chi connectivity index (χ4v) is 3.67. The lowest BCUT2D eigenvalue weighted by atomic mass is 9.75. The summed E-state index contributed by atoms with van der Waals surface area (Å²) >= 11 is 0. The minimum atomic E-state index is -2.41. The lowest BCUT2D eigenvalue weighted by Gasteiger charge is -2.35. The van der Waals surface area contributed by atoms with E-state index in [2.05, 4.69) is 0 Å². The number of aliphatic hydroxyl groups is 3. The van der Waals surface area contributed by atoms with Gasteiger partial charge in [0, 0.05) is 6.04 Å². The third kappa shape index (κ3) is 4.27. The van der Waals surface area contributed by atoms with Gasteiger partial charge in [0.15, 0.2) is 11.4 Å². The van der Waals surface area contributed by atoms with Gasteiger partial charge in [0.2, 0.25) is 5.91 Å². The summed E-state index contributed by atoms with van der Waals surface area (Å²) in [5, 5.41) is 30.7. The highest BCUT2D eigenvalue weighted by molar-refractivity contribution is 5.99. The van der Waals surface area contributed by atoms with Gasteiger partial charge in [0.1, 0.15) is 11.9 Å². The zero-order chi connectivity index (χ0) is 18.6. The molecule has 3 unspecified atom stereocenters. The third-order valence-electron chi connectivity index (χ3n) is 5.13. The van der Waals surface area contributed by atoms with E-state index < -0.39 is 35.4 Å². The summed E-state index contributed by atoms with van der Waals surface area (Å²) in [7, 11) is 0. The number of carbonyl (C=O) groups is 2. The Morgan fingerprint density at radius 3 is 2.56 bits per heavy atom. The summed E-state index contributed by atoms with van der Waals surface area (Å²) in [5.41, 5.74) is 5.45. The van der Waals surface area contributed by atoms with Crippen LogP contribution in [-0.2, 0) is 9.59 Å². The predicted molar refractivity (Wildman–Crippen MR) is 90.8 cm³/mol. The van der Waals surface area contributed by atoms with Crippen molar-refractivity contribution in [2.75, 3.05) is 0 Å². The Morgan fingerprint density at radius 2 is 1.96 bits per heavy atom. The highest BCUT2D eigenvalue weighted by Gasteiger charge is 2.49. The minimum absolute atomic E-state index is 0.333. The maximum Gasteiger partial charge on any atom is 0.244 e. The predicted octanol–water partition coefficient (Wildman–Crippen LogP) is -0.437. The maximum absolute atomic E-state index is 12.7. The number of amides is 1. The normalized spacial score (nSPS) is 29.6. The molecule has 0 aliphatic heterocycles. The molecule has 0 bridgehead atoms. The molecule has 8 heteroatoms. The monoisotopic (exact) mass is 353 g/mol. The number of nitrogens with two attached hydrogens (primary N) is 2. The zero-order valence-corrected chi connectivity index (χ0v) is 14.1. The van der Waals surface area contributed by atoms with E-state index in [1.54, 1.807) is 0 Å². The van der Waals surface area contributed by atoms with Crippen molar-refractivity contribution < 1.29 is 24.9 Å². The van der Waals surface area contributed by atoms with Gasteiger partial charge in [-0.15, -0.1) is 0 Å². The first-order valence-electron chi connectivity index (χ1n) is 8.60. The Bertz CT molecular complexity index is 571. The fraction of sp³-hybridized carbons (Fsp3) is 0.647. The van der Waals surface area contributed by atoms with Crippen LogP contribution in [0.4, 0.5) is 0 Å². The van der Waals surface area contributed by atoms with Crippen LogP contribution in [0.15, 0.2) is 24.0 Å². The van der Waals surface area contributed by atoms with Gasteiger partial charge in [-0.3, -0.25) is 15.0 Å². The molecule has 0 heterocycles. The van der Waals surface area contributed by atoms with Crippen molar-refractivity contribution in [2.45, 2.75) is 56.3 Å². The van der Waals surface area contributed by atoms with E-state index in [4.69, 9.17) is 11.6 Å². The highest BCUT2D eigenvalue weighted by Crippen LogP contribution is 2.31. The maximum atomic E-state index is 12.7. The Labute approximate surface area is 146 Å². The molecule has 2 aliphatic rings. The van der Waals surface area contributed by atoms with Gasteiger partial charge in [0.05, 0.1) is 5.92 Å². The quantitative estimate of drug-likeness (QED) is 0.214. The average molecular weight is 353 g/mol. The number of allylic oxidation sites excluding steroid dienone is 1. The van der Waals surface area contributed by atoms with Gasteiger partial charge < -0.3 is 21.1 Å². The van der Waals surface area contributed by atoms with Crippen LogP contribution in [0.2, 0.25) is 0 Å². The largest absolute Gasteiger partial charge is 0.508 e. The van der Waals surface area contributed by atoms with Crippen LogP contribution in [0.25, 0.3) is 0 Å². The Hall–Kier alpha value is -1.74. The van der Waals surface area contributed by atoms with E-state index in [1.165, 1.54) is 12.5 Å². The number of nitrogens with one attached hydrogen (secondary N) is 1. The molecule has 2 rings (SSSR count). The highest BCUT2D eigenvalue weighted by atomic mass is 16.3. The Morgan fingerprint density at radius 1 is 1.32 bits per heavy atom. The van der Waals surface area contributed by atoms with E-state index in [9.17, 15) is 24.9 Å². The smallest absolute Gasteiger partial charge is 0.244 e. The molecule has 0 aromatic heterocycles. The second kappa shape index (κ2) is 8.09. The van der Waals surface area contributed by atoms with E-state index >= 15 is 0 Å². The number of hydrogen-bond acceptors (Lipinski definition) is 7. The van der Waals surface area contributed by atoms with Crippen molar-refractivity contribution >= 4 is 11.7 Å². The van der Waals surface area contributed by atoms with Crippen molar-refractivity contribution in [1.29, 1.82) is 0 Å². The first-order valence-corrected chi connectivity index (χ1v) is 8.60. The average Bonchev–Trinajstić information content (AvgIpc) is 2.60. The van der Waals surface area contributed by atoms with E-state index in [0.717, 1.165) is 37.8 Å². The molecule has 0 aromatic carbocycles. The van der Waals surface area contributed by atoms with Crippen LogP contribution < -0.4 is 17.0 Å². The molecule has 1 fully saturated rings. The number of hydrogen-bond donors (Lipinski definition) is 6. The number of Topliss-reactive ketones (excluding diaryl/α,β-unsaturated/α-hetero) is 1. The molecule has 0 saturated heterocycles. The summed E-state index contributed by atoms with van der Waals surface area (Å²) in [5.74, 6) is 1.83. The molecule has 0 aromatic rings. The van der Waals surface area contributed by atoms with E-state index in [0.29, 0.717) is 12.3 Å². The summed E-state index contributed by atoms with van der Waals surface area (Å²) in [6.45, 7) is 0. The van der Waals surface area contributed by atoms with Crippen LogP contribution in [0.3, 0.4) is 0 Å². The Kier molecular flexibility index (Phi) is 6.34. The van der Waals surface area contributed by atoms with Crippen LogP contribution >= 0.6 is 0 Å². The summed E-state index contributed by atoms with van der Waals surface area (Å²) in [6, 6.07) is -0.859. The first kappa shape index (κ1) is 19.6. The van der Waals surface area contributed by atoms with Crippen molar-refractivity contribution in [2.24, 2.45) is 23.4 Å². The van der Waals surface area contributed by atoms with Crippen molar-refractivity contribution in [1.82, 2.24) is 5.43 Å². The van der Waals surface area contributed by atoms with Gasteiger partial charge in [-0.2, -0.15) is 0 Å². The lowest BCUT2D eigenvalue weighted by molar-refractivity contribution is -0.151. The molecule has 8 N–H and O–H groups in total. The van der Waals surface area contributed by atoms with E-state index in [1.807, 2.05) is 5.43 Å². The van der Waals surface area contributed by atoms with Crippen LogP contribution in [-0.4, -0.2) is 44.8 Å². The van der Waals surface area contributed by atoms with Crippen LogP contribution in [0, 0.1) is 11.8 Å². The zero-order valence-electron chi connectivity index (χ0n) is 14.1. The number of aliphatic hydroxyl groups excluding tert-OH is 2. The van der Waals surface area contributed by atoms with Gasteiger partial charge in [0.25, 0.3) is 0 Å². The molecule has 1 amide bonds. The molecular formula is C17H27N3O5. The number of rotatable bonds is 6. The fourth-order valence-electron chi connectivity index (χ4n) is 3.67. The van der Waals surface area contributed by atoms with Crippen molar-refractivity contribution in [3.8, 4) is 0 Å². The van der Waals surface area contributed by atoms with E-state index in [-0.39, 0.29) is 5.76 Å².